The molecule has 0 saturated heterocycles. The molecule has 1 amide bonds. The molecule has 4 rings (SSSR count). The van der Waals surface area contributed by atoms with Gasteiger partial charge in [-0.3, -0.25) is 9.52 Å². The van der Waals surface area contributed by atoms with Crippen molar-refractivity contribution in [2.24, 2.45) is 0 Å². The Morgan fingerprint density at radius 3 is 2.39 bits per heavy atom. The van der Waals surface area contributed by atoms with Gasteiger partial charge in [0.1, 0.15) is 13.2 Å². The van der Waals surface area contributed by atoms with E-state index < -0.39 is 10.0 Å². The van der Waals surface area contributed by atoms with Crippen molar-refractivity contribution < 1.29 is 22.7 Å². The fraction of sp³-hybridized carbons (Fsp3) is 0.174. The Hall–Kier alpha value is -3.52. The first kappa shape index (κ1) is 20.7. The molecule has 3 aromatic carbocycles. The molecular weight excluding hydrogens is 416 g/mol. The summed E-state index contributed by atoms with van der Waals surface area (Å²) in [6, 6.07) is 18.3. The second-order valence-corrected chi connectivity index (χ2v) is 8.68. The second-order valence-electron chi connectivity index (χ2n) is 7.00. The van der Waals surface area contributed by atoms with E-state index in [1.807, 2.05) is 24.3 Å². The number of rotatable bonds is 6. The summed E-state index contributed by atoms with van der Waals surface area (Å²) in [5, 5.41) is 2.82. The van der Waals surface area contributed by atoms with Crippen LogP contribution < -0.4 is 19.5 Å². The summed E-state index contributed by atoms with van der Waals surface area (Å²) in [4.78, 5) is 12.6. The van der Waals surface area contributed by atoms with Crippen LogP contribution in [-0.2, 0) is 16.4 Å². The molecule has 0 unspecified atom stereocenters. The number of amides is 1. The summed E-state index contributed by atoms with van der Waals surface area (Å²) < 4.78 is 39.0. The van der Waals surface area contributed by atoms with Crippen LogP contribution in [0.25, 0.3) is 0 Å². The summed E-state index contributed by atoms with van der Waals surface area (Å²) >= 11 is 0. The summed E-state index contributed by atoms with van der Waals surface area (Å²) in [5.74, 6) is 0.566. The minimum absolute atomic E-state index is 0.0441. The van der Waals surface area contributed by atoms with Gasteiger partial charge >= 0.3 is 0 Å². The van der Waals surface area contributed by atoms with Crippen LogP contribution >= 0.6 is 0 Å². The molecule has 0 spiro atoms. The predicted molar refractivity (Wildman–Crippen MR) is 118 cm³/mol. The van der Waals surface area contributed by atoms with Gasteiger partial charge in [-0.25, -0.2) is 8.42 Å². The first-order chi connectivity index (χ1) is 14.9. The number of aryl methyl sites for hydroxylation is 1. The van der Waals surface area contributed by atoms with Crippen molar-refractivity contribution in [1.82, 2.24) is 0 Å². The minimum Gasteiger partial charge on any atom is -0.486 e. The van der Waals surface area contributed by atoms with Crippen LogP contribution in [0, 0.1) is 0 Å². The highest BCUT2D eigenvalue weighted by atomic mass is 32.2. The first-order valence-corrected chi connectivity index (χ1v) is 11.4. The number of fused-ring (bicyclic) bond motifs is 1. The van der Waals surface area contributed by atoms with Crippen molar-refractivity contribution in [2.45, 2.75) is 18.2 Å². The van der Waals surface area contributed by atoms with E-state index in [-0.39, 0.29) is 16.5 Å². The average molecular weight is 439 g/mol. The second kappa shape index (κ2) is 8.69. The molecule has 7 nitrogen and oxygen atoms in total. The largest absolute Gasteiger partial charge is 0.486 e. The third kappa shape index (κ3) is 4.80. The number of carbonyl (C=O) groups is 1. The summed E-state index contributed by atoms with van der Waals surface area (Å²) in [6.07, 6.45) is 0.916. The molecule has 0 saturated carbocycles. The zero-order valence-electron chi connectivity index (χ0n) is 16.9. The number of hydrogen-bond acceptors (Lipinski definition) is 5. The molecule has 0 aliphatic carbocycles. The van der Waals surface area contributed by atoms with Gasteiger partial charge in [0.05, 0.1) is 4.90 Å². The number of nitrogens with one attached hydrogen (secondary N) is 2. The maximum absolute atomic E-state index is 12.8. The van der Waals surface area contributed by atoms with E-state index >= 15 is 0 Å². The standard InChI is InChI=1S/C23H22N2O5S/c1-2-16-6-8-18(9-7-16)24-23(26)17-4-3-5-19(14-17)25-31(27,28)20-10-11-21-22(15-20)30-13-12-29-21/h3-11,14-15,25H,2,12-13H2,1H3,(H,24,26). The van der Waals surface area contributed by atoms with Crippen molar-refractivity contribution in [3.63, 3.8) is 0 Å². The predicted octanol–water partition coefficient (Wildman–Crippen LogP) is 4.07. The van der Waals surface area contributed by atoms with Crippen molar-refractivity contribution in [3.05, 3.63) is 77.9 Å². The number of sulfonamides is 1. The number of ether oxygens (including phenoxy) is 2. The number of hydrogen-bond donors (Lipinski definition) is 2. The molecule has 0 radical (unpaired) electrons. The van der Waals surface area contributed by atoms with E-state index in [1.165, 1.54) is 23.8 Å². The van der Waals surface area contributed by atoms with Crippen LogP contribution in [0.1, 0.15) is 22.8 Å². The Bertz CT molecular complexity index is 1210. The summed E-state index contributed by atoms with van der Waals surface area (Å²) in [7, 11) is -3.87. The molecule has 0 atom stereocenters. The normalized spacial score (nSPS) is 12.8. The van der Waals surface area contributed by atoms with Crippen LogP contribution in [0.5, 0.6) is 11.5 Å². The fourth-order valence-electron chi connectivity index (χ4n) is 3.16. The molecule has 3 aromatic rings. The van der Waals surface area contributed by atoms with Crippen LogP contribution in [0.4, 0.5) is 11.4 Å². The van der Waals surface area contributed by atoms with E-state index in [2.05, 4.69) is 17.0 Å². The maximum Gasteiger partial charge on any atom is 0.262 e. The summed E-state index contributed by atoms with van der Waals surface area (Å²) in [6.45, 7) is 2.85. The maximum atomic E-state index is 12.8. The van der Waals surface area contributed by atoms with Crippen LogP contribution in [0.3, 0.4) is 0 Å². The van der Waals surface area contributed by atoms with Crippen LogP contribution in [0.15, 0.2) is 71.6 Å². The van der Waals surface area contributed by atoms with Crippen LogP contribution in [-0.4, -0.2) is 27.5 Å². The van der Waals surface area contributed by atoms with E-state index in [0.29, 0.717) is 36.0 Å². The molecule has 1 aliphatic rings. The van der Waals surface area contributed by atoms with Gasteiger partial charge in [-0.2, -0.15) is 0 Å². The Morgan fingerprint density at radius 1 is 0.903 bits per heavy atom. The van der Waals surface area contributed by atoms with Crippen molar-refractivity contribution in [2.75, 3.05) is 23.3 Å². The molecule has 0 bridgehead atoms. The topological polar surface area (TPSA) is 93.7 Å². The van der Waals surface area contributed by atoms with Gasteiger partial charge in [-0.05, 0) is 54.4 Å². The monoisotopic (exact) mass is 438 g/mol. The molecule has 160 valence electrons. The lowest BCUT2D eigenvalue weighted by Gasteiger charge is -2.19. The molecule has 31 heavy (non-hydrogen) atoms. The smallest absolute Gasteiger partial charge is 0.262 e. The quantitative estimate of drug-likeness (QED) is 0.605. The van der Waals surface area contributed by atoms with Crippen LogP contribution in [0.2, 0.25) is 0 Å². The van der Waals surface area contributed by atoms with Crippen molar-refractivity contribution >= 4 is 27.3 Å². The van der Waals surface area contributed by atoms with E-state index in [0.717, 1.165) is 6.42 Å². The molecule has 1 aliphatic heterocycles. The molecule has 8 heteroatoms. The van der Waals surface area contributed by atoms with Crippen molar-refractivity contribution in [1.29, 1.82) is 0 Å². The van der Waals surface area contributed by atoms with Gasteiger partial charge in [0.15, 0.2) is 11.5 Å². The van der Waals surface area contributed by atoms with Gasteiger partial charge < -0.3 is 14.8 Å². The van der Waals surface area contributed by atoms with Crippen molar-refractivity contribution in [3.8, 4) is 11.5 Å². The Labute approximate surface area is 181 Å². The highest BCUT2D eigenvalue weighted by Crippen LogP contribution is 2.32. The Balaban J connectivity index is 1.50. The SMILES string of the molecule is CCc1ccc(NC(=O)c2cccc(NS(=O)(=O)c3ccc4c(c3)OCCO4)c2)cc1. The van der Waals surface area contributed by atoms with Gasteiger partial charge in [-0.15, -0.1) is 0 Å². The van der Waals surface area contributed by atoms with E-state index in [1.54, 1.807) is 24.3 Å². The lowest BCUT2D eigenvalue weighted by Crippen LogP contribution is -2.17. The van der Waals surface area contributed by atoms with E-state index in [4.69, 9.17) is 9.47 Å². The fourth-order valence-corrected chi connectivity index (χ4v) is 4.22. The number of benzene rings is 3. The molecule has 1 heterocycles. The highest BCUT2D eigenvalue weighted by molar-refractivity contribution is 7.92. The van der Waals surface area contributed by atoms with Gasteiger partial charge in [0.25, 0.3) is 15.9 Å². The molecule has 0 aromatic heterocycles. The third-order valence-corrected chi connectivity index (χ3v) is 6.20. The molecule has 0 fully saturated rings. The minimum atomic E-state index is -3.87. The van der Waals surface area contributed by atoms with Gasteiger partial charge in [-0.1, -0.05) is 25.1 Å². The first-order valence-electron chi connectivity index (χ1n) is 9.87. The lowest BCUT2D eigenvalue weighted by atomic mass is 10.1. The number of carbonyl (C=O) groups excluding carboxylic acids is 1. The van der Waals surface area contributed by atoms with Gasteiger partial charge in [0, 0.05) is 23.0 Å². The highest BCUT2D eigenvalue weighted by Gasteiger charge is 2.20. The zero-order valence-corrected chi connectivity index (χ0v) is 17.7. The van der Waals surface area contributed by atoms with E-state index in [9.17, 15) is 13.2 Å². The Morgan fingerprint density at radius 2 is 1.65 bits per heavy atom. The molecule has 2 N–H and O–H groups in total. The summed E-state index contributed by atoms with van der Waals surface area (Å²) in [5.41, 5.74) is 2.46. The van der Waals surface area contributed by atoms with Gasteiger partial charge in [0.2, 0.25) is 0 Å². The average Bonchev–Trinajstić information content (AvgIpc) is 2.79. The zero-order chi connectivity index (χ0) is 21.8. The number of anilines is 2. The third-order valence-electron chi connectivity index (χ3n) is 4.82. The molecular formula is C23H22N2O5S. The Kier molecular flexibility index (Phi) is 5.81. The lowest BCUT2D eigenvalue weighted by molar-refractivity contribution is 0.102.